The Balaban J connectivity index is 1.61. The maximum absolute atomic E-state index is 12.9. The van der Waals surface area contributed by atoms with Gasteiger partial charge in [0.2, 0.25) is 5.91 Å². The van der Waals surface area contributed by atoms with E-state index < -0.39 is 0 Å². The molecule has 0 N–H and O–H groups in total. The number of rotatable bonds is 6. The van der Waals surface area contributed by atoms with Gasteiger partial charge in [0, 0.05) is 38.9 Å². The van der Waals surface area contributed by atoms with Gasteiger partial charge in [0.1, 0.15) is 5.75 Å². The Morgan fingerprint density at radius 3 is 2.33 bits per heavy atom. The van der Waals surface area contributed by atoms with Crippen LogP contribution in [-0.4, -0.2) is 56.7 Å². The maximum Gasteiger partial charge on any atom is 0.243 e. The number of benzene rings is 2. The monoisotopic (exact) mass is 367 g/mol. The van der Waals surface area contributed by atoms with Crippen LogP contribution in [0.25, 0.3) is 0 Å². The number of amides is 1. The molecule has 0 saturated carbocycles. The first-order valence-corrected chi connectivity index (χ1v) is 9.65. The van der Waals surface area contributed by atoms with Crippen molar-refractivity contribution in [3.05, 3.63) is 54.6 Å². The molecular formula is C22H29N3O2. The molecule has 0 bridgehead atoms. The molecule has 2 aromatic carbocycles. The van der Waals surface area contributed by atoms with Crippen molar-refractivity contribution in [2.45, 2.75) is 19.9 Å². The number of nitrogens with zero attached hydrogens (tertiary/aromatic N) is 3. The lowest BCUT2D eigenvalue weighted by Crippen LogP contribution is -2.54. The van der Waals surface area contributed by atoms with Gasteiger partial charge in [-0.25, -0.2) is 0 Å². The van der Waals surface area contributed by atoms with E-state index in [1.54, 1.807) is 4.90 Å². The zero-order valence-electron chi connectivity index (χ0n) is 16.5. The van der Waals surface area contributed by atoms with Crippen LogP contribution in [0.4, 0.5) is 11.4 Å². The van der Waals surface area contributed by atoms with E-state index in [1.165, 1.54) is 0 Å². The molecule has 0 unspecified atom stereocenters. The van der Waals surface area contributed by atoms with Gasteiger partial charge in [-0.3, -0.25) is 9.69 Å². The van der Waals surface area contributed by atoms with E-state index in [9.17, 15) is 4.79 Å². The summed E-state index contributed by atoms with van der Waals surface area (Å²) in [5.41, 5.74) is 2.07. The van der Waals surface area contributed by atoms with Crippen molar-refractivity contribution in [1.82, 2.24) is 4.90 Å². The van der Waals surface area contributed by atoms with E-state index in [1.807, 2.05) is 69.4 Å². The van der Waals surface area contributed by atoms with Gasteiger partial charge >= 0.3 is 0 Å². The van der Waals surface area contributed by atoms with Crippen molar-refractivity contribution >= 4 is 17.3 Å². The Kier molecular flexibility index (Phi) is 6.35. The van der Waals surface area contributed by atoms with Gasteiger partial charge in [0.15, 0.2) is 0 Å². The minimum atomic E-state index is -0.139. The molecule has 1 aliphatic rings. The number of carbonyl (C=O) groups excluding carboxylic acids is 1. The molecule has 0 radical (unpaired) electrons. The lowest BCUT2D eigenvalue weighted by atomic mass is 10.1. The van der Waals surface area contributed by atoms with Crippen LogP contribution in [0.15, 0.2) is 54.6 Å². The quantitative estimate of drug-likeness (QED) is 0.785. The van der Waals surface area contributed by atoms with Crippen LogP contribution in [0, 0.1) is 0 Å². The average Bonchev–Trinajstić information content (AvgIpc) is 2.73. The molecule has 1 fully saturated rings. The molecule has 1 atom stereocenters. The molecule has 0 spiro atoms. The highest BCUT2D eigenvalue weighted by Gasteiger charge is 2.28. The number of para-hydroxylation sites is 3. The summed E-state index contributed by atoms with van der Waals surface area (Å²) in [6.45, 7) is 8.16. The number of carbonyl (C=O) groups is 1. The van der Waals surface area contributed by atoms with Gasteiger partial charge in [0.05, 0.1) is 18.3 Å². The van der Waals surface area contributed by atoms with E-state index in [-0.39, 0.29) is 11.9 Å². The first kappa shape index (κ1) is 19.2. The van der Waals surface area contributed by atoms with Crippen molar-refractivity contribution in [1.29, 1.82) is 0 Å². The fraction of sp³-hybridized carbons (Fsp3) is 0.409. The molecule has 5 heteroatoms. The summed E-state index contributed by atoms with van der Waals surface area (Å²) >= 11 is 0. The zero-order chi connectivity index (χ0) is 19.2. The molecule has 2 aromatic rings. The van der Waals surface area contributed by atoms with Gasteiger partial charge in [0.25, 0.3) is 0 Å². The van der Waals surface area contributed by atoms with Crippen molar-refractivity contribution in [2.75, 3.05) is 49.6 Å². The van der Waals surface area contributed by atoms with Crippen LogP contribution < -0.4 is 14.5 Å². The molecule has 0 aromatic heterocycles. The van der Waals surface area contributed by atoms with Crippen LogP contribution in [0.3, 0.4) is 0 Å². The third-order valence-corrected chi connectivity index (χ3v) is 5.20. The Morgan fingerprint density at radius 1 is 1.04 bits per heavy atom. The van der Waals surface area contributed by atoms with E-state index in [2.05, 4.69) is 15.9 Å². The standard InChI is InChI=1S/C22H29N3O2/c1-4-27-21-13-9-8-12-20(21)25-16-14-24(15-17-25)18(2)22(26)23(3)19-10-6-5-7-11-19/h5-13,18H,4,14-17H2,1-3H3/t18-/m1/s1. The van der Waals surface area contributed by atoms with Gasteiger partial charge in [-0.05, 0) is 38.1 Å². The highest BCUT2D eigenvalue weighted by molar-refractivity contribution is 5.96. The summed E-state index contributed by atoms with van der Waals surface area (Å²) in [6.07, 6.45) is 0. The maximum atomic E-state index is 12.9. The number of hydrogen-bond donors (Lipinski definition) is 0. The molecule has 1 aliphatic heterocycles. The van der Waals surface area contributed by atoms with Crippen molar-refractivity contribution < 1.29 is 9.53 Å². The second-order valence-electron chi connectivity index (χ2n) is 6.83. The normalized spacial score (nSPS) is 16.0. The van der Waals surface area contributed by atoms with Gasteiger partial charge in [-0.1, -0.05) is 30.3 Å². The molecule has 144 valence electrons. The Hall–Kier alpha value is -2.53. The second kappa shape index (κ2) is 8.91. The van der Waals surface area contributed by atoms with Crippen molar-refractivity contribution in [2.24, 2.45) is 0 Å². The first-order chi connectivity index (χ1) is 13.1. The largest absolute Gasteiger partial charge is 0.492 e. The second-order valence-corrected chi connectivity index (χ2v) is 6.83. The number of ether oxygens (including phenoxy) is 1. The lowest BCUT2D eigenvalue weighted by molar-refractivity contribution is -0.123. The summed E-state index contributed by atoms with van der Waals surface area (Å²) in [5.74, 6) is 1.06. The molecule has 27 heavy (non-hydrogen) atoms. The molecule has 5 nitrogen and oxygen atoms in total. The Bertz CT molecular complexity index is 742. The highest BCUT2D eigenvalue weighted by Crippen LogP contribution is 2.29. The molecular weight excluding hydrogens is 338 g/mol. The summed E-state index contributed by atoms with van der Waals surface area (Å²) < 4.78 is 5.77. The minimum absolute atomic E-state index is 0.129. The van der Waals surface area contributed by atoms with Crippen LogP contribution in [0.1, 0.15) is 13.8 Å². The van der Waals surface area contributed by atoms with Crippen molar-refractivity contribution in [3.8, 4) is 5.75 Å². The number of anilines is 2. The predicted octanol–water partition coefficient (Wildman–Crippen LogP) is 3.26. The number of hydrogen-bond acceptors (Lipinski definition) is 4. The first-order valence-electron chi connectivity index (χ1n) is 9.65. The molecule has 1 amide bonds. The SMILES string of the molecule is CCOc1ccccc1N1CCN([C@H](C)C(=O)N(C)c2ccccc2)CC1. The van der Waals surface area contributed by atoms with Crippen LogP contribution in [0.2, 0.25) is 0 Å². The summed E-state index contributed by atoms with van der Waals surface area (Å²) in [7, 11) is 1.85. The topological polar surface area (TPSA) is 36.0 Å². The van der Waals surface area contributed by atoms with Gasteiger partial charge < -0.3 is 14.5 Å². The molecule has 0 aliphatic carbocycles. The summed E-state index contributed by atoms with van der Waals surface area (Å²) in [5, 5.41) is 0. The predicted molar refractivity (Wildman–Crippen MR) is 111 cm³/mol. The Morgan fingerprint density at radius 2 is 1.67 bits per heavy atom. The molecule has 3 rings (SSSR count). The van der Waals surface area contributed by atoms with Crippen molar-refractivity contribution in [3.63, 3.8) is 0 Å². The molecule has 1 saturated heterocycles. The third kappa shape index (κ3) is 4.42. The lowest BCUT2D eigenvalue weighted by Gasteiger charge is -2.39. The third-order valence-electron chi connectivity index (χ3n) is 5.20. The zero-order valence-corrected chi connectivity index (χ0v) is 16.5. The van der Waals surface area contributed by atoms with E-state index >= 15 is 0 Å². The fourth-order valence-corrected chi connectivity index (χ4v) is 3.56. The average molecular weight is 367 g/mol. The minimum Gasteiger partial charge on any atom is -0.492 e. The Labute approximate surface area is 162 Å². The van der Waals surface area contributed by atoms with Gasteiger partial charge in [-0.2, -0.15) is 0 Å². The van der Waals surface area contributed by atoms with Gasteiger partial charge in [-0.15, -0.1) is 0 Å². The van der Waals surface area contributed by atoms with E-state index in [0.717, 1.165) is 43.3 Å². The van der Waals surface area contributed by atoms with Crippen LogP contribution >= 0.6 is 0 Å². The smallest absolute Gasteiger partial charge is 0.243 e. The fourth-order valence-electron chi connectivity index (χ4n) is 3.56. The highest BCUT2D eigenvalue weighted by atomic mass is 16.5. The summed E-state index contributed by atoms with van der Waals surface area (Å²) in [6, 6.07) is 17.8. The molecule has 1 heterocycles. The van der Waals surface area contributed by atoms with E-state index in [4.69, 9.17) is 4.74 Å². The van der Waals surface area contributed by atoms with E-state index in [0.29, 0.717) is 6.61 Å². The van der Waals surface area contributed by atoms with Crippen LogP contribution in [-0.2, 0) is 4.79 Å². The number of likely N-dealkylation sites (N-methyl/N-ethyl adjacent to an activating group) is 1. The summed E-state index contributed by atoms with van der Waals surface area (Å²) in [4.78, 5) is 19.2. The number of piperazine rings is 1. The van der Waals surface area contributed by atoms with Crippen LogP contribution in [0.5, 0.6) is 5.75 Å².